The molecule has 29 heavy (non-hydrogen) atoms. The molecule has 2 N–H and O–H groups in total. The summed E-state index contributed by atoms with van der Waals surface area (Å²) in [6, 6.07) is 0. The Balaban J connectivity index is 3.56. The molecule has 0 fully saturated rings. The van der Waals surface area contributed by atoms with Crippen molar-refractivity contribution >= 4 is 28.5 Å². The van der Waals surface area contributed by atoms with Crippen LogP contribution in [0.4, 0.5) is 0 Å². The first-order valence-corrected chi connectivity index (χ1v) is 14.1. The van der Waals surface area contributed by atoms with Gasteiger partial charge in [0.2, 0.25) is 0 Å². The van der Waals surface area contributed by atoms with Crippen LogP contribution in [-0.4, -0.2) is 21.7 Å². The van der Waals surface area contributed by atoms with E-state index in [0.717, 1.165) is 13.1 Å². The summed E-state index contributed by atoms with van der Waals surface area (Å²) in [7, 11) is 0. The van der Waals surface area contributed by atoms with Crippen LogP contribution in [0, 0.1) is 0 Å². The number of nitrogens with two attached hydrogens (primary N) is 1. The van der Waals surface area contributed by atoms with Crippen LogP contribution < -0.4 is 5.73 Å². The lowest BCUT2D eigenvalue weighted by Gasteiger charge is -2.20. The lowest BCUT2D eigenvalue weighted by Crippen LogP contribution is -2.23. The van der Waals surface area contributed by atoms with Gasteiger partial charge in [-0.15, -0.1) is 0 Å². The van der Waals surface area contributed by atoms with Gasteiger partial charge in [-0.1, -0.05) is 142 Å². The van der Waals surface area contributed by atoms with E-state index >= 15 is 0 Å². The first-order chi connectivity index (χ1) is 14.2. The minimum Gasteiger partial charge on any atom is -0.384 e. The summed E-state index contributed by atoms with van der Waals surface area (Å²) in [6.45, 7) is 6.84. The molecule has 0 unspecified atom stereocenters. The Morgan fingerprint density at radius 3 is 1.10 bits per heavy atom. The third-order valence-electron chi connectivity index (χ3n) is 5.74. The second kappa shape index (κ2) is 24.5. The zero-order valence-corrected chi connectivity index (χ0v) is 21.5. The Hall–Kier alpha value is 0.200. The minimum absolute atomic E-state index is 0.573. The monoisotopic (exact) mass is 444 g/mol. The molecular formula is C25H52N2S2. The van der Waals surface area contributed by atoms with Crippen LogP contribution in [0.3, 0.4) is 0 Å². The van der Waals surface area contributed by atoms with Crippen molar-refractivity contribution in [3.05, 3.63) is 0 Å². The van der Waals surface area contributed by atoms with Crippen molar-refractivity contribution in [3.63, 3.8) is 0 Å². The molecule has 4 heteroatoms. The van der Waals surface area contributed by atoms with Crippen LogP contribution in [0.1, 0.15) is 142 Å². The largest absolute Gasteiger partial charge is 0.384 e. The third-order valence-corrected chi connectivity index (χ3v) is 6.77. The van der Waals surface area contributed by atoms with E-state index in [1.807, 2.05) is 0 Å². The van der Waals surface area contributed by atoms with Gasteiger partial charge in [-0.05, 0) is 24.8 Å². The van der Waals surface area contributed by atoms with Gasteiger partial charge in [0.15, 0.2) is 0 Å². The summed E-state index contributed by atoms with van der Waals surface area (Å²) in [5.41, 5.74) is 5.79. The van der Waals surface area contributed by atoms with E-state index in [2.05, 4.69) is 18.2 Å². The molecule has 0 radical (unpaired) electrons. The fraction of sp³-hybridized carbons (Fsp3) is 0.960. The smallest absolute Gasteiger partial charge is 0.146 e. The maximum Gasteiger partial charge on any atom is 0.146 e. The van der Waals surface area contributed by atoms with Crippen LogP contribution >= 0.6 is 24.2 Å². The van der Waals surface area contributed by atoms with Gasteiger partial charge in [0, 0.05) is 13.1 Å². The number of hydrogen-bond acceptors (Lipinski definition) is 3. The molecule has 2 nitrogen and oxygen atoms in total. The van der Waals surface area contributed by atoms with Crippen molar-refractivity contribution in [2.24, 2.45) is 5.73 Å². The Bertz CT molecular complexity index is 313. The standard InChI is InChI=1S/C25H52N2S2/c1-3-5-7-9-11-13-15-17-19-21-23-27(29-25(26)28)24-22-20-18-16-14-12-10-8-6-4-2/h3-24H2,1-2H3,(H2,26,28). The lowest BCUT2D eigenvalue weighted by atomic mass is 10.1. The molecule has 0 heterocycles. The summed E-state index contributed by atoms with van der Waals surface area (Å²) in [4.78, 5) is 0. The Kier molecular flexibility index (Phi) is 24.6. The molecule has 0 aromatic rings. The molecule has 174 valence electrons. The van der Waals surface area contributed by atoms with Gasteiger partial charge in [0.1, 0.15) is 4.32 Å². The molecule has 0 atom stereocenters. The zero-order valence-electron chi connectivity index (χ0n) is 19.9. The first-order valence-electron chi connectivity index (χ1n) is 12.9. The van der Waals surface area contributed by atoms with Crippen molar-refractivity contribution in [1.29, 1.82) is 0 Å². The summed E-state index contributed by atoms with van der Waals surface area (Å²) < 4.78 is 2.99. The highest BCUT2D eigenvalue weighted by Crippen LogP contribution is 2.16. The van der Waals surface area contributed by atoms with E-state index in [1.165, 1.54) is 128 Å². The van der Waals surface area contributed by atoms with Gasteiger partial charge < -0.3 is 5.73 Å². The van der Waals surface area contributed by atoms with Crippen molar-refractivity contribution in [1.82, 2.24) is 4.31 Å². The SMILES string of the molecule is CCCCCCCCCCCCN(CCCCCCCCCCCC)SC(N)=S. The summed E-state index contributed by atoms with van der Waals surface area (Å²) in [6.07, 6.45) is 27.8. The highest BCUT2D eigenvalue weighted by Gasteiger charge is 2.07. The van der Waals surface area contributed by atoms with Gasteiger partial charge in [0.05, 0.1) is 0 Å². The number of hydrogen-bond donors (Lipinski definition) is 1. The topological polar surface area (TPSA) is 29.3 Å². The number of rotatable bonds is 23. The Morgan fingerprint density at radius 1 is 0.552 bits per heavy atom. The van der Waals surface area contributed by atoms with Crippen molar-refractivity contribution < 1.29 is 0 Å². The maximum atomic E-state index is 5.79. The molecule has 0 aliphatic heterocycles. The normalized spacial score (nSPS) is 11.4. The second-order valence-corrected chi connectivity index (χ2v) is 10.5. The second-order valence-electron chi connectivity index (χ2n) is 8.70. The molecule has 0 aromatic heterocycles. The molecule has 0 aliphatic carbocycles. The molecule has 0 aliphatic rings. The van der Waals surface area contributed by atoms with E-state index in [4.69, 9.17) is 18.0 Å². The predicted molar refractivity (Wildman–Crippen MR) is 140 cm³/mol. The van der Waals surface area contributed by atoms with Crippen LogP contribution in [-0.2, 0) is 0 Å². The van der Waals surface area contributed by atoms with Gasteiger partial charge in [-0.2, -0.15) is 0 Å². The summed E-state index contributed by atoms with van der Waals surface area (Å²) in [5, 5.41) is 0. The zero-order chi connectivity index (χ0) is 21.4. The summed E-state index contributed by atoms with van der Waals surface area (Å²) in [5.74, 6) is 0. The molecule has 0 saturated heterocycles. The highest BCUT2D eigenvalue weighted by atomic mass is 32.2. The van der Waals surface area contributed by atoms with E-state index in [9.17, 15) is 0 Å². The number of unbranched alkanes of at least 4 members (excludes halogenated alkanes) is 18. The van der Waals surface area contributed by atoms with Crippen LogP contribution in [0.15, 0.2) is 0 Å². The Labute approximate surface area is 193 Å². The summed E-state index contributed by atoms with van der Waals surface area (Å²) >= 11 is 6.73. The van der Waals surface area contributed by atoms with Gasteiger partial charge in [-0.25, -0.2) is 4.31 Å². The van der Waals surface area contributed by atoms with E-state index < -0.39 is 0 Å². The van der Waals surface area contributed by atoms with Gasteiger partial charge >= 0.3 is 0 Å². The third kappa shape index (κ3) is 24.3. The van der Waals surface area contributed by atoms with Crippen molar-refractivity contribution in [2.75, 3.05) is 13.1 Å². The van der Waals surface area contributed by atoms with Crippen LogP contribution in [0.25, 0.3) is 0 Å². The molecule has 0 amide bonds. The van der Waals surface area contributed by atoms with Crippen LogP contribution in [0.5, 0.6) is 0 Å². The van der Waals surface area contributed by atoms with E-state index in [0.29, 0.717) is 4.32 Å². The fourth-order valence-electron chi connectivity index (χ4n) is 3.88. The molecule has 0 bridgehead atoms. The Morgan fingerprint density at radius 2 is 0.828 bits per heavy atom. The average molecular weight is 445 g/mol. The first kappa shape index (κ1) is 29.2. The molecule has 0 aromatic carbocycles. The molecule has 0 rings (SSSR count). The van der Waals surface area contributed by atoms with E-state index in [1.54, 1.807) is 11.9 Å². The van der Waals surface area contributed by atoms with Gasteiger partial charge in [-0.3, -0.25) is 0 Å². The lowest BCUT2D eigenvalue weighted by molar-refractivity contribution is 0.425. The van der Waals surface area contributed by atoms with E-state index in [-0.39, 0.29) is 0 Å². The number of nitrogens with zero attached hydrogens (tertiary/aromatic N) is 1. The van der Waals surface area contributed by atoms with Crippen molar-refractivity contribution in [2.45, 2.75) is 142 Å². The number of thiocarbonyl (C=S) groups is 1. The van der Waals surface area contributed by atoms with Crippen LogP contribution in [0.2, 0.25) is 0 Å². The molecular weight excluding hydrogens is 392 g/mol. The maximum absolute atomic E-state index is 5.79. The highest BCUT2D eigenvalue weighted by molar-refractivity contribution is 8.21. The van der Waals surface area contributed by atoms with Crippen molar-refractivity contribution in [3.8, 4) is 0 Å². The average Bonchev–Trinajstić information content (AvgIpc) is 2.70. The quantitative estimate of drug-likeness (QED) is 0.0966. The van der Waals surface area contributed by atoms with Gasteiger partial charge in [0.25, 0.3) is 0 Å². The molecule has 0 saturated carbocycles. The minimum atomic E-state index is 0.573. The fourth-order valence-corrected chi connectivity index (χ4v) is 4.89. The predicted octanol–water partition coefficient (Wildman–Crippen LogP) is 9.02. The molecule has 0 spiro atoms.